The highest BCUT2D eigenvalue weighted by Crippen LogP contribution is 2.32. The fraction of sp³-hybridized carbons (Fsp3) is 0.143. The van der Waals surface area contributed by atoms with Gasteiger partial charge < -0.3 is 5.32 Å². The zero-order valence-electron chi connectivity index (χ0n) is 10.1. The summed E-state index contributed by atoms with van der Waals surface area (Å²) in [5, 5.41) is 4.43. The molecule has 0 aromatic heterocycles. The van der Waals surface area contributed by atoms with E-state index in [2.05, 4.69) is 5.32 Å². The van der Waals surface area contributed by atoms with E-state index in [1.807, 2.05) is 13.0 Å². The van der Waals surface area contributed by atoms with Crippen molar-refractivity contribution in [3.8, 4) is 0 Å². The first-order valence-electron chi connectivity index (χ1n) is 5.64. The van der Waals surface area contributed by atoms with Crippen molar-refractivity contribution in [3.05, 3.63) is 62.8 Å². The maximum absolute atomic E-state index is 13.6. The molecule has 1 N–H and O–H groups in total. The van der Waals surface area contributed by atoms with Crippen LogP contribution < -0.4 is 5.32 Å². The van der Waals surface area contributed by atoms with Gasteiger partial charge >= 0.3 is 0 Å². The molecule has 1 unspecified atom stereocenters. The summed E-state index contributed by atoms with van der Waals surface area (Å²) in [7, 11) is 0. The van der Waals surface area contributed by atoms with Crippen LogP contribution >= 0.6 is 34.8 Å². The molecular weight excluding hydrogens is 308 g/mol. The molecule has 0 aliphatic rings. The second-order valence-corrected chi connectivity index (χ2v) is 5.35. The normalized spacial score (nSPS) is 12.3. The summed E-state index contributed by atoms with van der Waals surface area (Å²) < 4.78 is 13.6. The van der Waals surface area contributed by atoms with Crippen LogP contribution in [0.25, 0.3) is 0 Å². The SMILES string of the molecule is CC(Nc1cc(Cl)ccc1F)c1cccc(Cl)c1Cl. The molecule has 0 saturated carbocycles. The summed E-state index contributed by atoms with van der Waals surface area (Å²) in [6.07, 6.45) is 0. The van der Waals surface area contributed by atoms with E-state index < -0.39 is 0 Å². The van der Waals surface area contributed by atoms with Gasteiger partial charge in [-0.25, -0.2) is 4.39 Å². The van der Waals surface area contributed by atoms with Crippen molar-refractivity contribution in [2.45, 2.75) is 13.0 Å². The summed E-state index contributed by atoms with van der Waals surface area (Å²) in [5.74, 6) is -0.366. The van der Waals surface area contributed by atoms with Crippen LogP contribution in [0, 0.1) is 5.82 Å². The lowest BCUT2D eigenvalue weighted by Gasteiger charge is -2.18. The standard InChI is InChI=1S/C14H11Cl3FN/c1-8(10-3-2-4-11(16)14(10)17)19-13-7-9(15)5-6-12(13)18/h2-8,19H,1H3. The zero-order valence-corrected chi connectivity index (χ0v) is 12.3. The van der Waals surface area contributed by atoms with Crippen LogP contribution in [-0.4, -0.2) is 0 Å². The van der Waals surface area contributed by atoms with Crippen LogP contribution in [0.4, 0.5) is 10.1 Å². The molecular formula is C14H11Cl3FN. The number of nitrogens with one attached hydrogen (secondary N) is 1. The van der Waals surface area contributed by atoms with Crippen molar-refractivity contribution in [3.63, 3.8) is 0 Å². The highest BCUT2D eigenvalue weighted by molar-refractivity contribution is 6.42. The van der Waals surface area contributed by atoms with Gasteiger partial charge in [-0.05, 0) is 36.8 Å². The molecule has 0 spiro atoms. The van der Waals surface area contributed by atoms with Crippen molar-refractivity contribution in [1.82, 2.24) is 0 Å². The van der Waals surface area contributed by atoms with E-state index in [4.69, 9.17) is 34.8 Å². The molecule has 0 radical (unpaired) electrons. The lowest BCUT2D eigenvalue weighted by Crippen LogP contribution is -2.08. The number of halogens is 4. The molecule has 0 heterocycles. The molecule has 5 heteroatoms. The summed E-state index contributed by atoms with van der Waals surface area (Å²) in [4.78, 5) is 0. The zero-order chi connectivity index (χ0) is 14.0. The van der Waals surface area contributed by atoms with Gasteiger partial charge in [0.1, 0.15) is 5.82 Å². The lowest BCUT2D eigenvalue weighted by molar-refractivity contribution is 0.627. The molecule has 0 saturated heterocycles. The molecule has 0 aliphatic heterocycles. The number of benzene rings is 2. The van der Waals surface area contributed by atoms with E-state index in [0.29, 0.717) is 20.8 Å². The van der Waals surface area contributed by atoms with Crippen LogP contribution in [0.1, 0.15) is 18.5 Å². The van der Waals surface area contributed by atoms with Crippen LogP contribution in [0.15, 0.2) is 36.4 Å². The van der Waals surface area contributed by atoms with Crippen molar-refractivity contribution >= 4 is 40.5 Å². The fourth-order valence-electron chi connectivity index (χ4n) is 1.77. The summed E-state index contributed by atoms with van der Waals surface area (Å²) >= 11 is 17.9. The van der Waals surface area contributed by atoms with E-state index in [0.717, 1.165) is 5.56 Å². The van der Waals surface area contributed by atoms with Crippen LogP contribution in [0.2, 0.25) is 15.1 Å². The Labute approximate surface area is 126 Å². The first-order chi connectivity index (χ1) is 8.99. The van der Waals surface area contributed by atoms with Gasteiger partial charge in [-0.2, -0.15) is 0 Å². The minimum atomic E-state index is -0.366. The summed E-state index contributed by atoms with van der Waals surface area (Å²) in [6.45, 7) is 1.87. The van der Waals surface area contributed by atoms with Crippen molar-refractivity contribution in [2.24, 2.45) is 0 Å². The average molecular weight is 319 g/mol. The Hall–Kier alpha value is -0.960. The Balaban J connectivity index is 2.28. The van der Waals surface area contributed by atoms with Crippen molar-refractivity contribution in [2.75, 3.05) is 5.32 Å². The predicted octanol–water partition coefficient (Wildman–Crippen LogP) is 5.96. The Morgan fingerprint density at radius 3 is 2.58 bits per heavy atom. The monoisotopic (exact) mass is 317 g/mol. The Kier molecular flexibility index (Phi) is 4.56. The molecule has 1 nitrogen and oxygen atoms in total. The molecule has 2 aromatic carbocycles. The molecule has 100 valence electrons. The molecule has 0 bridgehead atoms. The van der Waals surface area contributed by atoms with Gasteiger partial charge in [0.25, 0.3) is 0 Å². The minimum Gasteiger partial charge on any atom is -0.376 e. The average Bonchev–Trinajstić information content (AvgIpc) is 2.37. The smallest absolute Gasteiger partial charge is 0.146 e. The van der Waals surface area contributed by atoms with Gasteiger partial charge in [-0.3, -0.25) is 0 Å². The van der Waals surface area contributed by atoms with E-state index in [1.54, 1.807) is 12.1 Å². The molecule has 2 rings (SSSR count). The Morgan fingerprint density at radius 1 is 1.11 bits per heavy atom. The molecule has 1 atom stereocenters. The first-order valence-corrected chi connectivity index (χ1v) is 6.78. The minimum absolute atomic E-state index is 0.195. The summed E-state index contributed by atoms with van der Waals surface area (Å²) in [5.41, 5.74) is 1.13. The highest BCUT2D eigenvalue weighted by atomic mass is 35.5. The van der Waals surface area contributed by atoms with E-state index in [1.165, 1.54) is 18.2 Å². The summed E-state index contributed by atoms with van der Waals surface area (Å²) in [6, 6.07) is 9.51. The van der Waals surface area contributed by atoms with E-state index in [9.17, 15) is 4.39 Å². The highest BCUT2D eigenvalue weighted by Gasteiger charge is 2.13. The fourth-order valence-corrected chi connectivity index (χ4v) is 2.42. The van der Waals surface area contributed by atoms with Gasteiger partial charge in [0.2, 0.25) is 0 Å². The molecule has 0 fully saturated rings. The van der Waals surface area contributed by atoms with Crippen molar-refractivity contribution < 1.29 is 4.39 Å². The number of hydrogen-bond donors (Lipinski definition) is 1. The quantitative estimate of drug-likeness (QED) is 0.736. The Morgan fingerprint density at radius 2 is 1.84 bits per heavy atom. The van der Waals surface area contributed by atoms with Gasteiger partial charge in [0, 0.05) is 5.02 Å². The third kappa shape index (κ3) is 3.33. The second-order valence-electron chi connectivity index (χ2n) is 4.13. The van der Waals surface area contributed by atoms with Crippen LogP contribution in [0.3, 0.4) is 0 Å². The third-order valence-electron chi connectivity index (χ3n) is 2.75. The first kappa shape index (κ1) is 14.4. The maximum atomic E-state index is 13.6. The number of rotatable bonds is 3. The maximum Gasteiger partial charge on any atom is 0.146 e. The van der Waals surface area contributed by atoms with E-state index >= 15 is 0 Å². The lowest BCUT2D eigenvalue weighted by atomic mass is 10.1. The third-order valence-corrected chi connectivity index (χ3v) is 3.82. The van der Waals surface area contributed by atoms with Crippen molar-refractivity contribution in [1.29, 1.82) is 0 Å². The topological polar surface area (TPSA) is 12.0 Å². The second kappa shape index (κ2) is 6.00. The molecule has 0 aliphatic carbocycles. The molecule has 0 amide bonds. The molecule has 19 heavy (non-hydrogen) atoms. The largest absolute Gasteiger partial charge is 0.376 e. The van der Waals surface area contributed by atoms with Gasteiger partial charge in [0.05, 0.1) is 21.8 Å². The van der Waals surface area contributed by atoms with E-state index in [-0.39, 0.29) is 11.9 Å². The van der Waals surface area contributed by atoms with Gasteiger partial charge in [0.15, 0.2) is 0 Å². The van der Waals surface area contributed by atoms with Gasteiger partial charge in [-0.1, -0.05) is 46.9 Å². The number of hydrogen-bond acceptors (Lipinski definition) is 1. The predicted molar refractivity (Wildman–Crippen MR) is 79.9 cm³/mol. The molecule has 2 aromatic rings. The number of anilines is 1. The van der Waals surface area contributed by atoms with Gasteiger partial charge in [-0.15, -0.1) is 0 Å². The Bertz CT molecular complexity index is 601. The van der Waals surface area contributed by atoms with Crippen LogP contribution in [0.5, 0.6) is 0 Å². The van der Waals surface area contributed by atoms with Crippen LogP contribution in [-0.2, 0) is 0 Å².